The monoisotopic (exact) mass is 375 g/mol. The van der Waals surface area contributed by atoms with Gasteiger partial charge in [-0.15, -0.1) is 5.10 Å². The van der Waals surface area contributed by atoms with Crippen molar-refractivity contribution in [1.29, 1.82) is 0 Å². The summed E-state index contributed by atoms with van der Waals surface area (Å²) in [6.45, 7) is 3.07. The van der Waals surface area contributed by atoms with Crippen molar-refractivity contribution in [2.45, 2.75) is 37.1 Å². The first-order valence-corrected chi connectivity index (χ1v) is 10.1. The summed E-state index contributed by atoms with van der Waals surface area (Å²) >= 11 is 0. The fourth-order valence-electron chi connectivity index (χ4n) is 3.57. The van der Waals surface area contributed by atoms with Gasteiger partial charge in [-0.3, -0.25) is 4.68 Å². The van der Waals surface area contributed by atoms with Gasteiger partial charge in [0.2, 0.25) is 5.03 Å². The largest absolute Gasteiger partial charge is 0.264 e. The lowest BCUT2D eigenvalue weighted by Gasteiger charge is -2.31. The van der Waals surface area contributed by atoms with Crippen molar-refractivity contribution in [3.63, 3.8) is 0 Å². The van der Waals surface area contributed by atoms with Crippen LogP contribution in [-0.4, -0.2) is 55.4 Å². The fourth-order valence-corrected chi connectivity index (χ4v) is 4.95. The molecule has 1 saturated heterocycles. The predicted molar refractivity (Wildman–Crippen MR) is 94.1 cm³/mol. The molecule has 0 radical (unpaired) electrons. The Balaban J connectivity index is 1.55. The minimum atomic E-state index is -3.58. The zero-order chi connectivity index (χ0) is 18.3. The van der Waals surface area contributed by atoms with Crippen LogP contribution >= 0.6 is 0 Å². The van der Waals surface area contributed by atoms with Crippen LogP contribution in [0, 0.1) is 0 Å². The van der Waals surface area contributed by atoms with Crippen LogP contribution in [0.15, 0.2) is 29.8 Å². The highest BCUT2D eigenvalue weighted by molar-refractivity contribution is 7.89. The number of nitrogens with zero attached hydrogens (tertiary/aromatic N) is 7. The van der Waals surface area contributed by atoms with Crippen molar-refractivity contribution in [3.8, 4) is 0 Å². The summed E-state index contributed by atoms with van der Waals surface area (Å²) < 4.78 is 30.1. The minimum absolute atomic E-state index is 0.0109. The number of sulfonamides is 1. The van der Waals surface area contributed by atoms with Gasteiger partial charge >= 0.3 is 0 Å². The van der Waals surface area contributed by atoms with Gasteiger partial charge in [-0.25, -0.2) is 17.9 Å². The van der Waals surface area contributed by atoms with Crippen LogP contribution in [0.5, 0.6) is 0 Å². The van der Waals surface area contributed by atoms with Crippen molar-refractivity contribution in [2.24, 2.45) is 7.05 Å². The number of fused-ring (bicyclic) bond motifs is 1. The van der Waals surface area contributed by atoms with E-state index in [4.69, 9.17) is 0 Å². The van der Waals surface area contributed by atoms with Crippen LogP contribution in [0.2, 0.25) is 0 Å². The average Bonchev–Trinajstić information content (AvgIpc) is 3.29. The Kier molecular flexibility index (Phi) is 4.23. The summed E-state index contributed by atoms with van der Waals surface area (Å²) in [5.74, 6) is 0.312. The Morgan fingerprint density at radius 3 is 2.65 bits per heavy atom. The Morgan fingerprint density at radius 1 is 1.23 bits per heavy atom. The second kappa shape index (κ2) is 6.44. The van der Waals surface area contributed by atoms with Crippen molar-refractivity contribution in [3.05, 3.63) is 35.9 Å². The van der Waals surface area contributed by atoms with Gasteiger partial charge in [0.25, 0.3) is 10.0 Å². The van der Waals surface area contributed by atoms with Gasteiger partial charge in [-0.05, 0) is 42.4 Å². The molecule has 4 heterocycles. The lowest BCUT2D eigenvalue weighted by molar-refractivity contribution is 0.317. The highest BCUT2D eigenvalue weighted by Crippen LogP contribution is 2.32. The molecule has 0 bridgehead atoms. The van der Waals surface area contributed by atoms with E-state index < -0.39 is 10.0 Å². The number of aryl methyl sites for hydroxylation is 2. The number of piperidine rings is 1. The third-order valence-corrected chi connectivity index (χ3v) is 6.76. The normalized spacial score (nSPS) is 17.2. The van der Waals surface area contributed by atoms with Crippen LogP contribution in [0.1, 0.15) is 36.8 Å². The number of hydrogen-bond acceptors (Lipinski definition) is 6. The lowest BCUT2D eigenvalue weighted by atomic mass is 9.87. The van der Waals surface area contributed by atoms with Crippen LogP contribution in [0.4, 0.5) is 0 Å². The Bertz CT molecular complexity index is 1030. The van der Waals surface area contributed by atoms with Gasteiger partial charge < -0.3 is 0 Å². The van der Waals surface area contributed by atoms with Crippen LogP contribution in [0.25, 0.3) is 5.65 Å². The van der Waals surface area contributed by atoms with Crippen LogP contribution in [0.3, 0.4) is 0 Å². The SMILES string of the molecule is CCc1cc2ncnn2cc1C1CCN(S(=O)(=O)c2cn(C)nn2)CC1. The molecule has 138 valence electrons. The summed E-state index contributed by atoms with van der Waals surface area (Å²) in [6, 6.07) is 2.07. The van der Waals surface area contributed by atoms with E-state index in [2.05, 4.69) is 33.4 Å². The molecule has 3 aromatic heterocycles. The molecule has 0 N–H and O–H groups in total. The third-order valence-electron chi connectivity index (χ3n) is 5.00. The van der Waals surface area contributed by atoms with Gasteiger partial charge in [-0.2, -0.15) is 9.40 Å². The summed E-state index contributed by atoms with van der Waals surface area (Å²) in [5, 5.41) is 11.7. The predicted octanol–water partition coefficient (Wildman–Crippen LogP) is 0.988. The number of aromatic nitrogens is 6. The molecule has 0 saturated carbocycles. The van der Waals surface area contributed by atoms with E-state index in [1.165, 1.54) is 26.3 Å². The van der Waals surface area contributed by atoms with E-state index in [0.717, 1.165) is 24.9 Å². The maximum Gasteiger partial charge on any atom is 0.264 e. The topological polar surface area (TPSA) is 98.3 Å². The Morgan fingerprint density at radius 2 is 2.00 bits per heavy atom. The summed E-state index contributed by atoms with van der Waals surface area (Å²) in [6.07, 6.45) is 7.48. The maximum absolute atomic E-state index is 12.7. The zero-order valence-electron chi connectivity index (χ0n) is 14.8. The minimum Gasteiger partial charge on any atom is -0.254 e. The van der Waals surface area contributed by atoms with E-state index in [-0.39, 0.29) is 5.03 Å². The van der Waals surface area contributed by atoms with E-state index in [9.17, 15) is 8.42 Å². The number of pyridine rings is 1. The van der Waals surface area contributed by atoms with Gasteiger partial charge in [-0.1, -0.05) is 12.1 Å². The Labute approximate surface area is 151 Å². The molecule has 0 spiro atoms. The molecular formula is C16H21N7O2S. The van der Waals surface area contributed by atoms with E-state index in [0.29, 0.717) is 19.0 Å². The van der Waals surface area contributed by atoms with Crippen molar-refractivity contribution in [1.82, 2.24) is 33.9 Å². The number of rotatable bonds is 4. The standard InChI is InChI=1S/C16H21N7O2S/c1-3-12-8-15-17-11-18-23(15)9-14(12)13-4-6-22(7-5-13)26(24,25)16-10-21(2)20-19-16/h8-11,13H,3-7H2,1-2H3. The van der Waals surface area contributed by atoms with Crippen LogP contribution in [-0.2, 0) is 23.5 Å². The smallest absolute Gasteiger partial charge is 0.254 e. The average molecular weight is 375 g/mol. The molecule has 1 aliphatic rings. The van der Waals surface area contributed by atoms with Crippen molar-refractivity contribution in [2.75, 3.05) is 13.1 Å². The molecule has 10 heteroatoms. The maximum atomic E-state index is 12.7. The Hall–Kier alpha value is -2.33. The molecule has 1 aliphatic heterocycles. The van der Waals surface area contributed by atoms with Gasteiger partial charge in [0.15, 0.2) is 5.65 Å². The highest BCUT2D eigenvalue weighted by atomic mass is 32.2. The van der Waals surface area contributed by atoms with E-state index in [1.54, 1.807) is 17.9 Å². The van der Waals surface area contributed by atoms with Gasteiger partial charge in [0.1, 0.15) is 6.33 Å². The molecule has 0 atom stereocenters. The molecule has 9 nitrogen and oxygen atoms in total. The summed E-state index contributed by atoms with van der Waals surface area (Å²) in [5.41, 5.74) is 3.33. The van der Waals surface area contributed by atoms with Gasteiger partial charge in [0.05, 0.1) is 6.20 Å². The first-order valence-electron chi connectivity index (χ1n) is 8.67. The van der Waals surface area contributed by atoms with E-state index in [1.807, 2.05) is 6.20 Å². The second-order valence-electron chi connectivity index (χ2n) is 6.58. The molecule has 0 aromatic carbocycles. The van der Waals surface area contributed by atoms with Crippen LogP contribution < -0.4 is 0 Å². The van der Waals surface area contributed by atoms with Gasteiger partial charge in [0, 0.05) is 26.3 Å². The summed E-state index contributed by atoms with van der Waals surface area (Å²) in [7, 11) is -1.92. The highest BCUT2D eigenvalue weighted by Gasteiger charge is 2.32. The molecule has 4 rings (SSSR count). The quantitative estimate of drug-likeness (QED) is 0.674. The third kappa shape index (κ3) is 2.88. The van der Waals surface area contributed by atoms with Crippen molar-refractivity contribution < 1.29 is 8.42 Å². The van der Waals surface area contributed by atoms with E-state index >= 15 is 0 Å². The lowest BCUT2D eigenvalue weighted by Crippen LogP contribution is -2.38. The summed E-state index contributed by atoms with van der Waals surface area (Å²) in [4.78, 5) is 4.24. The van der Waals surface area contributed by atoms with Crippen molar-refractivity contribution >= 4 is 15.7 Å². The molecule has 0 amide bonds. The molecule has 26 heavy (non-hydrogen) atoms. The second-order valence-corrected chi connectivity index (χ2v) is 8.46. The molecular weight excluding hydrogens is 354 g/mol. The number of hydrogen-bond donors (Lipinski definition) is 0. The molecule has 0 aliphatic carbocycles. The molecule has 1 fully saturated rings. The first-order chi connectivity index (χ1) is 12.5. The fraction of sp³-hybridized carbons (Fsp3) is 0.500. The first kappa shape index (κ1) is 17.1. The molecule has 3 aromatic rings. The zero-order valence-corrected chi connectivity index (χ0v) is 15.6. The molecule has 0 unspecified atom stereocenters.